The summed E-state index contributed by atoms with van der Waals surface area (Å²) in [6, 6.07) is 8.04. The van der Waals surface area contributed by atoms with Gasteiger partial charge < -0.3 is 10.1 Å². The Morgan fingerprint density at radius 3 is 2.52 bits per heavy atom. The third-order valence-corrected chi connectivity index (χ3v) is 3.69. The first-order valence-corrected chi connectivity index (χ1v) is 7.72. The molecule has 1 N–H and O–H groups in total. The fourth-order valence-corrected chi connectivity index (χ4v) is 2.71. The lowest BCUT2D eigenvalue weighted by atomic mass is 10.1. The third kappa shape index (κ3) is 4.55. The highest BCUT2D eigenvalue weighted by Crippen LogP contribution is 2.20. The zero-order chi connectivity index (χ0) is 15.4. The number of nitrogens with zero attached hydrogens (tertiary/aromatic N) is 1. The molecule has 1 aromatic rings. The van der Waals surface area contributed by atoms with Gasteiger partial charge in [-0.2, -0.15) is 0 Å². The van der Waals surface area contributed by atoms with E-state index in [9.17, 15) is 4.79 Å². The monoisotopic (exact) mass is 290 g/mol. The van der Waals surface area contributed by atoms with E-state index >= 15 is 0 Å². The number of carbonyl (C=O) groups is 1. The molecule has 0 saturated carbocycles. The van der Waals surface area contributed by atoms with Gasteiger partial charge in [0.25, 0.3) is 0 Å². The molecule has 0 spiro atoms. The van der Waals surface area contributed by atoms with Crippen LogP contribution in [-0.4, -0.2) is 36.1 Å². The molecule has 1 aliphatic heterocycles. The second-order valence-corrected chi connectivity index (χ2v) is 6.25. The van der Waals surface area contributed by atoms with Crippen molar-refractivity contribution in [3.05, 3.63) is 29.8 Å². The zero-order valence-corrected chi connectivity index (χ0v) is 13.4. The van der Waals surface area contributed by atoms with E-state index in [0.29, 0.717) is 0 Å². The van der Waals surface area contributed by atoms with E-state index in [-0.39, 0.29) is 24.0 Å². The van der Waals surface area contributed by atoms with Gasteiger partial charge in [-0.15, -0.1) is 0 Å². The van der Waals surface area contributed by atoms with Crippen LogP contribution in [0.1, 0.15) is 33.3 Å². The minimum atomic E-state index is -0.0125. The first-order chi connectivity index (χ1) is 9.95. The highest BCUT2D eigenvalue weighted by atomic mass is 16.5. The molecule has 1 aliphatic rings. The Morgan fingerprint density at radius 2 is 1.90 bits per heavy atom. The molecule has 1 amide bonds. The minimum Gasteiger partial charge on any atom is -0.373 e. The second kappa shape index (κ2) is 7.05. The van der Waals surface area contributed by atoms with Crippen LogP contribution in [0.5, 0.6) is 0 Å². The molecule has 0 bridgehead atoms. The quantitative estimate of drug-likeness (QED) is 0.927. The predicted molar refractivity (Wildman–Crippen MR) is 85.2 cm³/mol. The molecule has 2 atom stereocenters. The predicted octanol–water partition coefficient (Wildman–Crippen LogP) is 2.89. The van der Waals surface area contributed by atoms with Crippen molar-refractivity contribution in [3.8, 4) is 0 Å². The maximum absolute atomic E-state index is 11.9. The van der Waals surface area contributed by atoms with Crippen LogP contribution in [0.3, 0.4) is 0 Å². The van der Waals surface area contributed by atoms with Crippen LogP contribution < -0.4 is 5.32 Å². The van der Waals surface area contributed by atoms with Crippen molar-refractivity contribution in [2.75, 3.05) is 18.4 Å². The summed E-state index contributed by atoms with van der Waals surface area (Å²) in [7, 11) is 0. The summed E-state index contributed by atoms with van der Waals surface area (Å²) in [5.74, 6) is 0.0488. The molecule has 2 rings (SSSR count). The summed E-state index contributed by atoms with van der Waals surface area (Å²) in [6.07, 6.45) is 0.511. The van der Waals surface area contributed by atoms with E-state index in [1.54, 1.807) is 0 Å². The molecule has 21 heavy (non-hydrogen) atoms. The largest absolute Gasteiger partial charge is 0.373 e. The number of carbonyl (C=O) groups excluding carboxylic acids is 1. The summed E-state index contributed by atoms with van der Waals surface area (Å²) < 4.78 is 5.77. The molecule has 4 heteroatoms. The highest BCUT2D eigenvalue weighted by molar-refractivity contribution is 5.92. The van der Waals surface area contributed by atoms with Crippen LogP contribution in [0.25, 0.3) is 0 Å². The smallest absolute Gasteiger partial charge is 0.226 e. The lowest BCUT2D eigenvalue weighted by Gasteiger charge is -2.35. The maximum atomic E-state index is 11.9. The average molecular weight is 290 g/mol. The van der Waals surface area contributed by atoms with Crippen molar-refractivity contribution in [2.45, 2.75) is 46.4 Å². The Bertz CT molecular complexity index is 477. The summed E-state index contributed by atoms with van der Waals surface area (Å²) in [5, 5.41) is 3.03. The van der Waals surface area contributed by atoms with E-state index in [4.69, 9.17) is 4.74 Å². The number of nitrogens with one attached hydrogen (secondary N) is 1. The van der Waals surface area contributed by atoms with Crippen molar-refractivity contribution in [1.29, 1.82) is 0 Å². The number of benzene rings is 1. The van der Waals surface area contributed by atoms with Crippen LogP contribution in [0.2, 0.25) is 0 Å². The van der Waals surface area contributed by atoms with Gasteiger partial charge in [0.2, 0.25) is 5.91 Å². The van der Waals surface area contributed by atoms with Crippen molar-refractivity contribution < 1.29 is 9.53 Å². The van der Waals surface area contributed by atoms with E-state index in [1.807, 2.05) is 32.0 Å². The number of anilines is 1. The topological polar surface area (TPSA) is 41.6 Å². The Kier molecular flexibility index (Phi) is 5.37. The van der Waals surface area contributed by atoms with Crippen molar-refractivity contribution in [3.63, 3.8) is 0 Å². The Hall–Kier alpha value is -1.39. The SMILES string of the molecule is CC1CN(Cc2ccccc2NC(=O)C(C)C)CC(C)O1. The summed E-state index contributed by atoms with van der Waals surface area (Å²) >= 11 is 0. The van der Waals surface area contributed by atoms with Gasteiger partial charge in [0, 0.05) is 31.2 Å². The number of morpholine rings is 1. The summed E-state index contributed by atoms with van der Waals surface area (Å²) in [6.45, 7) is 10.7. The molecule has 0 aliphatic carbocycles. The molecule has 0 radical (unpaired) electrons. The van der Waals surface area contributed by atoms with Gasteiger partial charge in [-0.05, 0) is 25.5 Å². The molecular weight excluding hydrogens is 264 g/mol. The molecule has 116 valence electrons. The molecule has 0 aromatic heterocycles. The molecule has 1 fully saturated rings. The van der Waals surface area contributed by atoms with E-state index in [2.05, 4.69) is 30.1 Å². The van der Waals surface area contributed by atoms with Gasteiger partial charge in [-0.25, -0.2) is 0 Å². The number of rotatable bonds is 4. The molecular formula is C17H26N2O2. The second-order valence-electron chi connectivity index (χ2n) is 6.25. The van der Waals surface area contributed by atoms with Crippen LogP contribution >= 0.6 is 0 Å². The molecule has 1 heterocycles. The summed E-state index contributed by atoms with van der Waals surface area (Å²) in [5.41, 5.74) is 2.08. The molecule has 1 saturated heterocycles. The van der Waals surface area contributed by atoms with Gasteiger partial charge >= 0.3 is 0 Å². The molecule has 1 aromatic carbocycles. The third-order valence-electron chi connectivity index (χ3n) is 3.69. The van der Waals surface area contributed by atoms with Crippen molar-refractivity contribution in [2.24, 2.45) is 5.92 Å². The van der Waals surface area contributed by atoms with E-state index < -0.39 is 0 Å². The Morgan fingerprint density at radius 1 is 1.29 bits per heavy atom. The molecule has 4 nitrogen and oxygen atoms in total. The van der Waals surface area contributed by atoms with Crippen LogP contribution in [0.4, 0.5) is 5.69 Å². The van der Waals surface area contributed by atoms with Crippen molar-refractivity contribution in [1.82, 2.24) is 4.90 Å². The van der Waals surface area contributed by atoms with Crippen molar-refractivity contribution >= 4 is 11.6 Å². The average Bonchev–Trinajstić information content (AvgIpc) is 2.39. The van der Waals surface area contributed by atoms with Gasteiger partial charge in [0.15, 0.2) is 0 Å². The molecule has 2 unspecified atom stereocenters. The summed E-state index contributed by atoms with van der Waals surface area (Å²) in [4.78, 5) is 14.3. The van der Waals surface area contributed by atoms with E-state index in [1.165, 1.54) is 0 Å². The minimum absolute atomic E-state index is 0.0125. The van der Waals surface area contributed by atoms with Crippen LogP contribution in [0.15, 0.2) is 24.3 Å². The fraction of sp³-hybridized carbons (Fsp3) is 0.588. The number of ether oxygens (including phenoxy) is 1. The number of para-hydroxylation sites is 1. The first-order valence-electron chi connectivity index (χ1n) is 7.72. The Balaban J connectivity index is 2.07. The Labute approximate surface area is 127 Å². The van der Waals surface area contributed by atoms with Gasteiger partial charge in [0.1, 0.15) is 0 Å². The number of hydrogen-bond acceptors (Lipinski definition) is 3. The fourth-order valence-electron chi connectivity index (χ4n) is 2.71. The van der Waals surface area contributed by atoms with Gasteiger partial charge in [0.05, 0.1) is 12.2 Å². The van der Waals surface area contributed by atoms with Crippen LogP contribution in [-0.2, 0) is 16.1 Å². The highest BCUT2D eigenvalue weighted by Gasteiger charge is 2.22. The van der Waals surface area contributed by atoms with Gasteiger partial charge in [-0.1, -0.05) is 32.0 Å². The maximum Gasteiger partial charge on any atom is 0.226 e. The normalized spacial score (nSPS) is 23.3. The number of hydrogen-bond donors (Lipinski definition) is 1. The van der Waals surface area contributed by atoms with Gasteiger partial charge in [-0.3, -0.25) is 9.69 Å². The first kappa shape index (κ1) is 16.0. The lowest BCUT2D eigenvalue weighted by molar-refractivity contribution is -0.118. The van der Waals surface area contributed by atoms with Crippen LogP contribution in [0, 0.1) is 5.92 Å². The zero-order valence-electron chi connectivity index (χ0n) is 13.4. The number of amides is 1. The lowest BCUT2D eigenvalue weighted by Crippen LogP contribution is -2.44. The standard InChI is InChI=1S/C17H26N2O2/c1-12(2)17(20)18-16-8-6-5-7-15(16)11-19-9-13(3)21-14(4)10-19/h5-8,12-14H,9-11H2,1-4H3,(H,18,20). The van der Waals surface area contributed by atoms with E-state index in [0.717, 1.165) is 30.9 Å².